The lowest BCUT2D eigenvalue weighted by atomic mass is 10.2. The van der Waals surface area contributed by atoms with Crippen LogP contribution < -0.4 is 5.32 Å². The van der Waals surface area contributed by atoms with Gasteiger partial charge in [0.1, 0.15) is 17.8 Å². The Morgan fingerprint density at radius 3 is 2.62 bits per heavy atom. The zero-order valence-corrected chi connectivity index (χ0v) is 15.1. The van der Waals surface area contributed by atoms with Crippen LogP contribution in [0.5, 0.6) is 0 Å². The molecule has 1 saturated heterocycles. The number of hydrogen-bond acceptors (Lipinski definition) is 5. The van der Waals surface area contributed by atoms with E-state index in [4.69, 9.17) is 4.42 Å². The molecule has 1 aliphatic rings. The lowest BCUT2D eigenvalue weighted by Gasteiger charge is -2.03. The van der Waals surface area contributed by atoms with Crippen molar-refractivity contribution >= 4 is 29.1 Å². The Morgan fingerprint density at radius 1 is 1.07 bits per heavy atom. The van der Waals surface area contributed by atoms with Crippen LogP contribution in [-0.4, -0.2) is 39.5 Å². The molecule has 3 amide bonds. The van der Waals surface area contributed by atoms with Crippen molar-refractivity contribution in [2.24, 2.45) is 5.10 Å². The number of hydrogen-bond donors (Lipinski definition) is 1. The predicted molar refractivity (Wildman–Crippen MR) is 107 cm³/mol. The topological polar surface area (TPSA) is 92.7 Å². The maximum atomic E-state index is 11.7. The number of carbonyl (C=O) groups is 2. The van der Waals surface area contributed by atoms with E-state index in [-0.39, 0.29) is 12.5 Å². The summed E-state index contributed by atoms with van der Waals surface area (Å²) in [5, 5.41) is 13.1. The molecule has 29 heavy (non-hydrogen) atoms. The van der Waals surface area contributed by atoms with Crippen LogP contribution in [0.15, 0.2) is 76.4 Å². The molecule has 0 saturated carbocycles. The van der Waals surface area contributed by atoms with Crippen LogP contribution in [0.4, 0.5) is 4.79 Å². The molecule has 1 N–H and O–H groups in total. The van der Waals surface area contributed by atoms with Crippen LogP contribution in [0.3, 0.4) is 0 Å². The third kappa shape index (κ3) is 3.16. The Morgan fingerprint density at radius 2 is 1.86 bits per heavy atom. The third-order valence-corrected chi connectivity index (χ3v) is 4.53. The second-order valence-corrected chi connectivity index (χ2v) is 6.52. The Kier molecular flexibility index (Phi) is 3.94. The van der Waals surface area contributed by atoms with E-state index in [0.717, 1.165) is 21.7 Å². The van der Waals surface area contributed by atoms with Crippen molar-refractivity contribution in [3.8, 4) is 17.1 Å². The lowest BCUT2D eigenvalue weighted by molar-refractivity contribution is -0.118. The molecule has 0 bridgehead atoms. The van der Waals surface area contributed by atoms with Gasteiger partial charge in [-0.1, -0.05) is 36.4 Å². The van der Waals surface area contributed by atoms with E-state index in [2.05, 4.69) is 15.5 Å². The molecule has 8 heteroatoms. The number of fused-ring (bicyclic) bond motifs is 1. The molecule has 0 aliphatic carbocycles. The number of imide groups is 1. The fraction of sp³-hybridized carbons (Fsp3) is 0.0476. The van der Waals surface area contributed by atoms with E-state index in [1.807, 2.05) is 60.7 Å². The van der Waals surface area contributed by atoms with Crippen molar-refractivity contribution in [2.45, 2.75) is 0 Å². The van der Waals surface area contributed by atoms with E-state index in [0.29, 0.717) is 17.0 Å². The SMILES string of the molecule is O=C1CN(/N=C\c2cn(-c3ccccc3)nc2-c2cc3ccccc3o2)C(=O)N1. The number of benzene rings is 2. The van der Waals surface area contributed by atoms with Gasteiger partial charge in [0, 0.05) is 17.1 Å². The van der Waals surface area contributed by atoms with E-state index in [1.54, 1.807) is 10.9 Å². The van der Waals surface area contributed by atoms with E-state index < -0.39 is 6.03 Å². The molecule has 8 nitrogen and oxygen atoms in total. The summed E-state index contributed by atoms with van der Waals surface area (Å²) in [4.78, 5) is 23.1. The number of hydrazone groups is 1. The molecule has 0 atom stereocenters. The molecule has 2 aromatic carbocycles. The maximum absolute atomic E-state index is 11.7. The number of urea groups is 1. The average Bonchev–Trinajstić information content (AvgIpc) is 3.43. The molecule has 1 aliphatic heterocycles. The minimum atomic E-state index is -0.549. The van der Waals surface area contributed by atoms with Gasteiger partial charge in [-0.05, 0) is 24.3 Å². The van der Waals surface area contributed by atoms with E-state index in [9.17, 15) is 9.59 Å². The van der Waals surface area contributed by atoms with Crippen LogP contribution in [-0.2, 0) is 4.79 Å². The molecule has 5 rings (SSSR count). The highest BCUT2D eigenvalue weighted by Gasteiger charge is 2.26. The van der Waals surface area contributed by atoms with Crippen molar-refractivity contribution in [2.75, 3.05) is 6.54 Å². The van der Waals surface area contributed by atoms with Crippen molar-refractivity contribution < 1.29 is 14.0 Å². The highest BCUT2D eigenvalue weighted by atomic mass is 16.3. The van der Waals surface area contributed by atoms with Gasteiger partial charge in [0.05, 0.1) is 11.9 Å². The van der Waals surface area contributed by atoms with Gasteiger partial charge in [-0.15, -0.1) is 0 Å². The minimum absolute atomic E-state index is 0.109. The summed E-state index contributed by atoms with van der Waals surface area (Å²) in [7, 11) is 0. The largest absolute Gasteiger partial charge is 0.454 e. The van der Waals surface area contributed by atoms with Crippen molar-refractivity contribution in [3.63, 3.8) is 0 Å². The summed E-state index contributed by atoms with van der Waals surface area (Å²) in [6.07, 6.45) is 3.31. The number of nitrogens with zero attached hydrogens (tertiary/aromatic N) is 4. The van der Waals surface area contributed by atoms with Gasteiger partial charge in [-0.25, -0.2) is 14.5 Å². The number of furan rings is 1. The van der Waals surface area contributed by atoms with Crippen LogP contribution in [0.1, 0.15) is 5.56 Å². The molecule has 1 fully saturated rings. The summed E-state index contributed by atoms with van der Waals surface area (Å²) in [6, 6.07) is 18.7. The van der Waals surface area contributed by atoms with Gasteiger partial charge in [0.15, 0.2) is 5.76 Å². The Bertz CT molecular complexity index is 1220. The molecule has 4 aromatic rings. The smallest absolute Gasteiger partial charge is 0.344 e. The molecule has 0 unspecified atom stereocenters. The second kappa shape index (κ2) is 6.75. The maximum Gasteiger partial charge on any atom is 0.344 e. The number of amides is 3. The Labute approximate surface area is 165 Å². The second-order valence-electron chi connectivity index (χ2n) is 6.52. The van der Waals surface area contributed by atoms with Crippen LogP contribution >= 0.6 is 0 Å². The van der Waals surface area contributed by atoms with E-state index in [1.165, 1.54) is 6.21 Å². The number of para-hydroxylation sites is 2. The summed E-state index contributed by atoms with van der Waals surface area (Å²) in [6.45, 7) is -0.109. The van der Waals surface area contributed by atoms with Crippen LogP contribution in [0.25, 0.3) is 28.1 Å². The quantitative estimate of drug-likeness (QED) is 0.431. The standard InChI is InChI=1S/C21H15N5O3/c27-19-13-26(21(28)23-19)22-11-15-12-25(16-7-2-1-3-8-16)24-20(15)18-10-14-6-4-5-9-17(14)29-18/h1-12H,13H2,(H,23,27,28)/b22-11-. The Hall–Kier alpha value is -4.20. The highest BCUT2D eigenvalue weighted by Crippen LogP contribution is 2.29. The zero-order chi connectivity index (χ0) is 19.8. The summed E-state index contributed by atoms with van der Waals surface area (Å²) in [5.41, 5.74) is 2.86. The van der Waals surface area contributed by atoms with E-state index >= 15 is 0 Å². The fourth-order valence-corrected chi connectivity index (χ4v) is 3.14. The first-order chi connectivity index (χ1) is 14.2. The first-order valence-electron chi connectivity index (χ1n) is 8.97. The predicted octanol–water partition coefficient (Wildman–Crippen LogP) is 3.17. The van der Waals surface area contributed by atoms with Crippen LogP contribution in [0.2, 0.25) is 0 Å². The molecular formula is C21H15N5O3. The molecule has 2 aromatic heterocycles. The van der Waals surface area contributed by atoms with Crippen LogP contribution in [0, 0.1) is 0 Å². The first kappa shape index (κ1) is 16.9. The normalized spacial score (nSPS) is 14.3. The van der Waals surface area contributed by atoms with Crippen molar-refractivity contribution in [3.05, 3.63) is 72.4 Å². The first-order valence-corrected chi connectivity index (χ1v) is 8.97. The van der Waals surface area contributed by atoms with Crippen molar-refractivity contribution in [1.29, 1.82) is 0 Å². The summed E-state index contributed by atoms with van der Waals surface area (Å²) < 4.78 is 7.69. The fourth-order valence-electron chi connectivity index (χ4n) is 3.14. The Balaban J connectivity index is 1.59. The molecule has 3 heterocycles. The van der Waals surface area contributed by atoms with Gasteiger partial charge in [-0.2, -0.15) is 10.2 Å². The van der Waals surface area contributed by atoms with Gasteiger partial charge < -0.3 is 4.42 Å². The zero-order valence-electron chi connectivity index (χ0n) is 15.1. The molecule has 0 spiro atoms. The van der Waals surface area contributed by atoms with Gasteiger partial charge in [0.2, 0.25) is 5.91 Å². The lowest BCUT2D eigenvalue weighted by Crippen LogP contribution is -2.24. The monoisotopic (exact) mass is 385 g/mol. The van der Waals surface area contributed by atoms with Crippen molar-refractivity contribution in [1.82, 2.24) is 20.1 Å². The molecule has 0 radical (unpaired) electrons. The molecule has 142 valence electrons. The van der Waals surface area contributed by atoms with Gasteiger partial charge in [-0.3, -0.25) is 10.1 Å². The number of aromatic nitrogens is 2. The number of carbonyl (C=O) groups excluding carboxylic acids is 2. The minimum Gasteiger partial charge on any atom is -0.454 e. The number of nitrogens with one attached hydrogen (secondary N) is 1. The summed E-state index contributed by atoms with van der Waals surface area (Å²) in [5.74, 6) is 0.203. The van der Waals surface area contributed by atoms with Gasteiger partial charge in [0.25, 0.3) is 0 Å². The summed E-state index contributed by atoms with van der Waals surface area (Å²) >= 11 is 0. The average molecular weight is 385 g/mol. The van der Waals surface area contributed by atoms with Gasteiger partial charge >= 0.3 is 6.03 Å². The number of rotatable bonds is 4. The molecular weight excluding hydrogens is 370 g/mol. The highest BCUT2D eigenvalue weighted by molar-refractivity contribution is 6.02. The third-order valence-electron chi connectivity index (χ3n) is 4.53.